The fraction of sp³-hybridized carbons (Fsp3) is 0.105. The van der Waals surface area contributed by atoms with Gasteiger partial charge < -0.3 is 27.0 Å². The summed E-state index contributed by atoms with van der Waals surface area (Å²) >= 11 is 6.16. The zero-order valence-corrected chi connectivity index (χ0v) is 15.3. The summed E-state index contributed by atoms with van der Waals surface area (Å²) in [5.41, 5.74) is 11.7. The molecule has 0 aliphatic rings. The Bertz CT molecular complexity index is 1040. The Morgan fingerprint density at radius 2 is 1.82 bits per heavy atom. The highest BCUT2D eigenvalue weighted by Crippen LogP contribution is 2.30. The van der Waals surface area contributed by atoms with Crippen molar-refractivity contribution >= 4 is 40.1 Å². The standard InChI is InChI=1S/C19H18ClN5O3/c20-14-9-23-16(25-19(21)22)13-8-11(6-7-12(13)14)17(26)24-15(18(27)28)10-4-2-1-3-5-10/h1-9,15,18,27-28H,(H,24,26)(H4,21,22,23,25)/t15-/m1/s1. The van der Waals surface area contributed by atoms with E-state index in [1.807, 2.05) is 0 Å². The quantitative estimate of drug-likeness (QED) is 0.250. The largest absolute Gasteiger partial charge is 0.370 e. The lowest BCUT2D eigenvalue weighted by Crippen LogP contribution is -2.36. The Morgan fingerprint density at radius 3 is 2.46 bits per heavy atom. The Balaban J connectivity index is 1.98. The van der Waals surface area contributed by atoms with Gasteiger partial charge in [-0.2, -0.15) is 4.99 Å². The van der Waals surface area contributed by atoms with E-state index in [-0.39, 0.29) is 17.3 Å². The predicted molar refractivity (Wildman–Crippen MR) is 107 cm³/mol. The molecule has 1 aromatic heterocycles. The highest BCUT2D eigenvalue weighted by Gasteiger charge is 2.22. The number of aliphatic imine (C=N–C) groups is 1. The molecular formula is C19H18ClN5O3. The lowest BCUT2D eigenvalue weighted by atomic mass is 10.0. The predicted octanol–water partition coefficient (Wildman–Crippen LogP) is 1.57. The van der Waals surface area contributed by atoms with Crippen LogP contribution < -0.4 is 16.8 Å². The van der Waals surface area contributed by atoms with E-state index in [2.05, 4.69) is 15.3 Å². The molecule has 0 radical (unpaired) electrons. The van der Waals surface area contributed by atoms with Crippen molar-refractivity contribution in [3.63, 3.8) is 0 Å². The maximum absolute atomic E-state index is 12.7. The molecule has 28 heavy (non-hydrogen) atoms. The first kappa shape index (κ1) is 19.6. The van der Waals surface area contributed by atoms with Gasteiger partial charge in [0.1, 0.15) is 6.04 Å². The van der Waals surface area contributed by atoms with Crippen molar-refractivity contribution < 1.29 is 15.0 Å². The number of hydrogen-bond acceptors (Lipinski definition) is 5. The molecule has 0 spiro atoms. The van der Waals surface area contributed by atoms with Crippen molar-refractivity contribution in [3.05, 3.63) is 70.9 Å². The van der Waals surface area contributed by atoms with Crippen LogP contribution in [0.1, 0.15) is 22.0 Å². The zero-order valence-electron chi connectivity index (χ0n) is 14.6. The lowest BCUT2D eigenvalue weighted by Gasteiger charge is -2.21. The van der Waals surface area contributed by atoms with E-state index < -0.39 is 18.2 Å². The molecule has 9 heteroatoms. The number of pyridine rings is 1. The molecule has 7 N–H and O–H groups in total. The molecule has 8 nitrogen and oxygen atoms in total. The van der Waals surface area contributed by atoms with E-state index in [1.54, 1.807) is 42.5 Å². The number of amides is 1. The molecule has 1 atom stereocenters. The topological polar surface area (TPSA) is 147 Å². The van der Waals surface area contributed by atoms with Crippen molar-refractivity contribution in [1.82, 2.24) is 10.3 Å². The number of nitrogens with zero attached hydrogens (tertiary/aromatic N) is 2. The number of aliphatic hydroxyl groups excluding tert-OH is 1. The van der Waals surface area contributed by atoms with Crippen LogP contribution >= 0.6 is 11.6 Å². The maximum Gasteiger partial charge on any atom is 0.251 e. The van der Waals surface area contributed by atoms with Crippen LogP contribution in [0.5, 0.6) is 0 Å². The van der Waals surface area contributed by atoms with Crippen LogP contribution in [-0.2, 0) is 0 Å². The number of hydrogen-bond donors (Lipinski definition) is 5. The van der Waals surface area contributed by atoms with Gasteiger partial charge >= 0.3 is 0 Å². The summed E-state index contributed by atoms with van der Waals surface area (Å²) in [6.45, 7) is 0. The van der Waals surface area contributed by atoms with Crippen molar-refractivity contribution in [3.8, 4) is 0 Å². The molecule has 0 fully saturated rings. The van der Waals surface area contributed by atoms with E-state index in [9.17, 15) is 15.0 Å². The van der Waals surface area contributed by atoms with Crippen LogP contribution in [-0.4, -0.2) is 33.4 Å². The molecular weight excluding hydrogens is 382 g/mol. The second-order valence-electron chi connectivity index (χ2n) is 6.00. The van der Waals surface area contributed by atoms with Crippen molar-refractivity contribution in [1.29, 1.82) is 0 Å². The molecule has 0 unspecified atom stereocenters. The molecule has 3 rings (SSSR count). The van der Waals surface area contributed by atoms with Gasteiger partial charge in [-0.15, -0.1) is 0 Å². The van der Waals surface area contributed by atoms with Crippen LogP contribution in [0.15, 0.2) is 59.7 Å². The number of benzene rings is 2. The molecule has 0 saturated heterocycles. The molecule has 0 aliphatic carbocycles. The average molecular weight is 400 g/mol. The minimum atomic E-state index is -1.78. The summed E-state index contributed by atoms with van der Waals surface area (Å²) in [4.78, 5) is 20.8. The number of aliphatic hydroxyl groups is 2. The van der Waals surface area contributed by atoms with Crippen molar-refractivity contribution in [2.45, 2.75) is 12.3 Å². The fourth-order valence-corrected chi connectivity index (χ4v) is 2.98. The van der Waals surface area contributed by atoms with Gasteiger partial charge in [0.15, 0.2) is 18.1 Å². The summed E-state index contributed by atoms with van der Waals surface area (Å²) in [6.07, 6.45) is -0.362. The Hall–Kier alpha value is -3.20. The van der Waals surface area contributed by atoms with Gasteiger partial charge in [0.25, 0.3) is 5.91 Å². The van der Waals surface area contributed by atoms with E-state index in [4.69, 9.17) is 23.1 Å². The zero-order chi connectivity index (χ0) is 20.3. The molecule has 0 aliphatic heterocycles. The smallest absolute Gasteiger partial charge is 0.251 e. The van der Waals surface area contributed by atoms with Crippen LogP contribution in [0.3, 0.4) is 0 Å². The number of carbonyl (C=O) groups is 1. The third kappa shape index (κ3) is 4.20. The van der Waals surface area contributed by atoms with Gasteiger partial charge in [-0.05, 0) is 17.7 Å². The van der Waals surface area contributed by atoms with E-state index in [0.717, 1.165) is 0 Å². The summed E-state index contributed by atoms with van der Waals surface area (Å²) in [5, 5.41) is 23.5. The number of fused-ring (bicyclic) bond motifs is 1. The van der Waals surface area contributed by atoms with Gasteiger partial charge in [-0.25, -0.2) is 4.98 Å². The molecule has 0 bridgehead atoms. The van der Waals surface area contributed by atoms with Gasteiger partial charge in [-0.3, -0.25) is 4.79 Å². The maximum atomic E-state index is 12.7. The SMILES string of the molecule is NC(N)=Nc1ncc(Cl)c2ccc(C(=O)N[C@H](c3ccccc3)C(O)O)cc12. The van der Waals surface area contributed by atoms with Gasteiger partial charge in [-0.1, -0.05) is 48.0 Å². The second-order valence-corrected chi connectivity index (χ2v) is 6.41. The number of carbonyl (C=O) groups excluding carboxylic acids is 1. The third-order valence-electron chi connectivity index (χ3n) is 4.06. The summed E-state index contributed by atoms with van der Waals surface area (Å²) in [7, 11) is 0. The highest BCUT2D eigenvalue weighted by atomic mass is 35.5. The number of guanidine groups is 1. The lowest BCUT2D eigenvalue weighted by molar-refractivity contribution is -0.0661. The normalized spacial score (nSPS) is 12.0. The number of nitrogens with two attached hydrogens (primary N) is 2. The molecule has 1 heterocycles. The van der Waals surface area contributed by atoms with Gasteiger partial charge in [0, 0.05) is 22.5 Å². The minimum Gasteiger partial charge on any atom is -0.370 e. The van der Waals surface area contributed by atoms with Crippen molar-refractivity contribution in [2.75, 3.05) is 0 Å². The van der Waals surface area contributed by atoms with Crippen LogP contribution in [0.2, 0.25) is 5.02 Å². The second kappa shape index (κ2) is 8.22. The van der Waals surface area contributed by atoms with Crippen LogP contribution in [0, 0.1) is 0 Å². The first-order valence-corrected chi connectivity index (χ1v) is 8.64. The number of nitrogens with one attached hydrogen (secondary N) is 1. The summed E-state index contributed by atoms with van der Waals surface area (Å²) in [6, 6.07) is 12.4. The van der Waals surface area contributed by atoms with Crippen LogP contribution in [0.4, 0.5) is 5.82 Å². The fourth-order valence-electron chi connectivity index (χ4n) is 2.76. The molecule has 3 aromatic rings. The van der Waals surface area contributed by atoms with Crippen molar-refractivity contribution in [2.24, 2.45) is 16.5 Å². The average Bonchev–Trinajstić information content (AvgIpc) is 2.68. The summed E-state index contributed by atoms with van der Waals surface area (Å²) < 4.78 is 0. The molecule has 0 saturated carbocycles. The monoisotopic (exact) mass is 399 g/mol. The van der Waals surface area contributed by atoms with Gasteiger partial charge in [0.05, 0.1) is 5.02 Å². The molecule has 1 amide bonds. The molecule has 2 aromatic carbocycles. The highest BCUT2D eigenvalue weighted by molar-refractivity contribution is 6.35. The minimum absolute atomic E-state index is 0.182. The van der Waals surface area contributed by atoms with E-state index in [0.29, 0.717) is 21.4 Å². The van der Waals surface area contributed by atoms with Crippen LogP contribution in [0.25, 0.3) is 10.8 Å². The Labute approximate surface area is 165 Å². The number of aromatic nitrogens is 1. The molecule has 144 valence electrons. The Kier molecular flexibility index (Phi) is 5.74. The van der Waals surface area contributed by atoms with E-state index >= 15 is 0 Å². The first-order valence-electron chi connectivity index (χ1n) is 8.26. The third-order valence-corrected chi connectivity index (χ3v) is 4.36. The number of rotatable bonds is 5. The first-order chi connectivity index (χ1) is 13.4. The van der Waals surface area contributed by atoms with Gasteiger partial charge in [0.2, 0.25) is 0 Å². The Morgan fingerprint density at radius 1 is 1.11 bits per heavy atom. The van der Waals surface area contributed by atoms with E-state index in [1.165, 1.54) is 12.3 Å². The summed E-state index contributed by atoms with van der Waals surface area (Å²) in [5.74, 6) is -0.478. The number of halogens is 1.